The van der Waals surface area contributed by atoms with Crippen LogP contribution in [0.15, 0.2) is 30.3 Å². The van der Waals surface area contributed by atoms with Crippen molar-refractivity contribution in [2.24, 2.45) is 0 Å². The maximum Gasteiger partial charge on any atom is 0.269 e. The van der Waals surface area contributed by atoms with Crippen LogP contribution in [0.1, 0.15) is 27.0 Å². The SMILES string of the molecule is Cc1c(Cc2ccc([N+](=O)[O-])cc2)cc2c(c1Cl)OCCNC2=O. The van der Waals surface area contributed by atoms with Crippen molar-refractivity contribution in [3.8, 4) is 5.75 Å². The Morgan fingerprint density at radius 1 is 1.33 bits per heavy atom. The first-order chi connectivity index (χ1) is 11.5. The molecule has 0 unspecified atom stereocenters. The van der Waals surface area contributed by atoms with Crippen molar-refractivity contribution in [1.82, 2.24) is 5.32 Å². The summed E-state index contributed by atoms with van der Waals surface area (Å²) in [6, 6.07) is 8.11. The van der Waals surface area contributed by atoms with Gasteiger partial charge >= 0.3 is 0 Å². The minimum Gasteiger partial charge on any atom is -0.489 e. The summed E-state index contributed by atoms with van der Waals surface area (Å²) in [6.45, 7) is 2.68. The Labute approximate surface area is 143 Å². The number of fused-ring (bicyclic) bond motifs is 1. The second-order valence-corrected chi connectivity index (χ2v) is 5.93. The Hall–Kier alpha value is -2.60. The predicted octanol–water partition coefficient (Wildman–Crippen LogP) is 3.27. The molecule has 0 radical (unpaired) electrons. The number of hydrogen-bond donors (Lipinski definition) is 1. The van der Waals surface area contributed by atoms with E-state index in [4.69, 9.17) is 16.3 Å². The molecule has 124 valence electrons. The van der Waals surface area contributed by atoms with Crippen molar-refractivity contribution >= 4 is 23.2 Å². The molecule has 1 aliphatic heterocycles. The van der Waals surface area contributed by atoms with Crippen LogP contribution in [0.2, 0.25) is 5.02 Å². The molecule has 2 aromatic carbocycles. The number of non-ortho nitro benzene ring substituents is 1. The summed E-state index contributed by atoms with van der Waals surface area (Å²) in [6.07, 6.45) is 0.518. The Kier molecular flexibility index (Phi) is 4.40. The molecule has 24 heavy (non-hydrogen) atoms. The van der Waals surface area contributed by atoms with E-state index in [-0.39, 0.29) is 11.6 Å². The highest BCUT2D eigenvalue weighted by molar-refractivity contribution is 6.33. The van der Waals surface area contributed by atoms with E-state index >= 15 is 0 Å². The van der Waals surface area contributed by atoms with Crippen LogP contribution in [0, 0.1) is 17.0 Å². The lowest BCUT2D eigenvalue weighted by molar-refractivity contribution is -0.384. The average Bonchev–Trinajstić information content (AvgIpc) is 2.75. The Morgan fingerprint density at radius 3 is 2.71 bits per heavy atom. The first-order valence-electron chi connectivity index (χ1n) is 7.43. The maximum atomic E-state index is 12.2. The van der Waals surface area contributed by atoms with Crippen molar-refractivity contribution in [1.29, 1.82) is 0 Å². The number of rotatable bonds is 3. The van der Waals surface area contributed by atoms with Gasteiger partial charge in [0, 0.05) is 12.1 Å². The molecule has 1 N–H and O–H groups in total. The fourth-order valence-electron chi connectivity index (χ4n) is 2.64. The highest BCUT2D eigenvalue weighted by Crippen LogP contribution is 2.36. The molecule has 0 bridgehead atoms. The molecule has 0 saturated heterocycles. The van der Waals surface area contributed by atoms with Gasteiger partial charge < -0.3 is 10.1 Å². The van der Waals surface area contributed by atoms with Crippen LogP contribution in [0.3, 0.4) is 0 Å². The first kappa shape index (κ1) is 16.3. The molecule has 3 rings (SSSR count). The zero-order chi connectivity index (χ0) is 17.3. The Bertz CT molecular complexity index is 818. The quantitative estimate of drug-likeness (QED) is 0.683. The largest absolute Gasteiger partial charge is 0.489 e. The number of halogens is 1. The van der Waals surface area contributed by atoms with Crippen molar-refractivity contribution in [3.63, 3.8) is 0 Å². The summed E-state index contributed by atoms with van der Waals surface area (Å²) in [5, 5.41) is 13.9. The van der Waals surface area contributed by atoms with E-state index in [1.54, 1.807) is 18.2 Å². The van der Waals surface area contributed by atoms with Gasteiger partial charge in [-0.1, -0.05) is 23.7 Å². The summed E-state index contributed by atoms with van der Waals surface area (Å²) in [7, 11) is 0. The van der Waals surface area contributed by atoms with Gasteiger partial charge in [-0.2, -0.15) is 0 Å². The molecule has 2 aromatic rings. The number of carbonyl (C=O) groups is 1. The highest BCUT2D eigenvalue weighted by Gasteiger charge is 2.22. The molecule has 1 heterocycles. The molecule has 6 nitrogen and oxygen atoms in total. The van der Waals surface area contributed by atoms with Crippen LogP contribution in [-0.4, -0.2) is 24.0 Å². The number of nitrogens with one attached hydrogen (secondary N) is 1. The van der Waals surface area contributed by atoms with Crippen LogP contribution in [0.4, 0.5) is 5.69 Å². The average molecular weight is 347 g/mol. The molecule has 0 atom stereocenters. The van der Waals surface area contributed by atoms with E-state index in [0.717, 1.165) is 16.7 Å². The van der Waals surface area contributed by atoms with Crippen molar-refractivity contribution in [3.05, 3.63) is 67.7 Å². The van der Waals surface area contributed by atoms with Crippen LogP contribution in [0.25, 0.3) is 0 Å². The monoisotopic (exact) mass is 346 g/mol. The molecule has 0 saturated carbocycles. The van der Waals surface area contributed by atoms with Gasteiger partial charge in [-0.05, 0) is 36.1 Å². The van der Waals surface area contributed by atoms with Gasteiger partial charge in [-0.25, -0.2) is 0 Å². The number of amides is 1. The molecule has 0 aliphatic carbocycles. The first-order valence-corrected chi connectivity index (χ1v) is 7.81. The number of nitro benzene ring substituents is 1. The molecule has 1 amide bonds. The number of benzene rings is 2. The van der Waals surface area contributed by atoms with Crippen molar-refractivity contribution in [2.45, 2.75) is 13.3 Å². The Balaban J connectivity index is 1.98. The number of nitro groups is 1. The van der Waals surface area contributed by atoms with E-state index in [9.17, 15) is 14.9 Å². The second-order valence-electron chi connectivity index (χ2n) is 5.56. The smallest absolute Gasteiger partial charge is 0.269 e. The van der Waals surface area contributed by atoms with Gasteiger partial charge in [0.05, 0.1) is 22.1 Å². The van der Waals surface area contributed by atoms with Crippen LogP contribution < -0.4 is 10.1 Å². The molecule has 7 heteroatoms. The minimum absolute atomic E-state index is 0.0446. The summed E-state index contributed by atoms with van der Waals surface area (Å²) in [5.74, 6) is 0.200. The van der Waals surface area contributed by atoms with E-state index in [1.807, 2.05) is 6.92 Å². The standard InChI is InChI=1S/C17H15ClN2O4/c1-10-12(8-11-2-4-13(5-3-11)20(22)23)9-14-16(15(10)18)24-7-6-19-17(14)21/h2-5,9H,6-8H2,1H3,(H,19,21). The fraction of sp³-hybridized carbons (Fsp3) is 0.235. The molecule has 1 aliphatic rings. The maximum absolute atomic E-state index is 12.2. The summed E-state index contributed by atoms with van der Waals surface area (Å²) < 4.78 is 5.59. The molecule has 0 spiro atoms. The highest BCUT2D eigenvalue weighted by atomic mass is 35.5. The lowest BCUT2D eigenvalue weighted by atomic mass is 9.97. The number of hydrogen-bond acceptors (Lipinski definition) is 4. The normalized spacial score (nSPS) is 13.5. The minimum atomic E-state index is -0.435. The Morgan fingerprint density at radius 2 is 2.04 bits per heavy atom. The molecule has 0 fully saturated rings. The van der Waals surface area contributed by atoms with E-state index < -0.39 is 4.92 Å². The topological polar surface area (TPSA) is 81.5 Å². The van der Waals surface area contributed by atoms with Crippen molar-refractivity contribution in [2.75, 3.05) is 13.2 Å². The fourth-order valence-corrected chi connectivity index (χ4v) is 2.92. The third kappa shape index (κ3) is 3.05. The summed E-state index contributed by atoms with van der Waals surface area (Å²) in [5.41, 5.74) is 3.08. The van der Waals surface area contributed by atoms with E-state index in [0.29, 0.717) is 35.9 Å². The zero-order valence-corrected chi connectivity index (χ0v) is 13.7. The molecule has 0 aromatic heterocycles. The number of nitrogens with zero attached hydrogens (tertiary/aromatic N) is 1. The van der Waals surface area contributed by atoms with Gasteiger partial charge in [0.15, 0.2) is 5.75 Å². The van der Waals surface area contributed by atoms with Gasteiger partial charge in [0.25, 0.3) is 11.6 Å². The van der Waals surface area contributed by atoms with Gasteiger partial charge in [0.2, 0.25) is 0 Å². The summed E-state index contributed by atoms with van der Waals surface area (Å²) in [4.78, 5) is 22.5. The zero-order valence-electron chi connectivity index (χ0n) is 13.0. The lowest BCUT2D eigenvalue weighted by Gasteiger charge is -2.14. The van der Waals surface area contributed by atoms with Gasteiger partial charge in [0.1, 0.15) is 6.61 Å². The third-order valence-corrected chi connectivity index (χ3v) is 4.45. The van der Waals surface area contributed by atoms with Crippen LogP contribution in [-0.2, 0) is 6.42 Å². The lowest BCUT2D eigenvalue weighted by Crippen LogP contribution is -2.24. The van der Waals surface area contributed by atoms with Crippen LogP contribution in [0.5, 0.6) is 5.75 Å². The molecular weight excluding hydrogens is 332 g/mol. The molecular formula is C17H15ClN2O4. The van der Waals surface area contributed by atoms with Crippen molar-refractivity contribution < 1.29 is 14.5 Å². The number of carbonyl (C=O) groups excluding carboxylic acids is 1. The third-order valence-electron chi connectivity index (χ3n) is 3.99. The van der Waals surface area contributed by atoms with E-state index in [1.165, 1.54) is 12.1 Å². The van der Waals surface area contributed by atoms with Crippen LogP contribution >= 0.6 is 11.6 Å². The number of ether oxygens (including phenoxy) is 1. The predicted molar refractivity (Wildman–Crippen MR) is 89.9 cm³/mol. The van der Waals surface area contributed by atoms with E-state index in [2.05, 4.69) is 5.32 Å². The van der Waals surface area contributed by atoms with Gasteiger partial charge in [-0.3, -0.25) is 14.9 Å². The summed E-state index contributed by atoms with van der Waals surface area (Å²) >= 11 is 6.39. The second kappa shape index (κ2) is 6.49. The van der Waals surface area contributed by atoms with Gasteiger partial charge in [-0.15, -0.1) is 0 Å².